The fraction of sp³-hybridized carbons (Fsp3) is 1.00. The topological polar surface area (TPSA) is 38.0 Å². The van der Waals surface area contributed by atoms with Crippen LogP contribution in [0.15, 0.2) is 0 Å². The Morgan fingerprint density at radius 2 is 1.38 bits per heavy atom. The minimum Gasteiger partial charge on any atom is -0.327 e. The van der Waals surface area contributed by atoms with Crippen LogP contribution in [-0.2, 0) is 0 Å². The lowest BCUT2D eigenvalue weighted by Gasteiger charge is -2.07. The zero-order valence-electron chi connectivity index (χ0n) is 11.4. The Hall–Kier alpha value is -0.0800. The van der Waals surface area contributed by atoms with Gasteiger partial charge in [0, 0.05) is 12.6 Å². The normalized spacial score (nSPS) is 12.9. The van der Waals surface area contributed by atoms with Crippen LogP contribution in [0.2, 0.25) is 0 Å². The van der Waals surface area contributed by atoms with Gasteiger partial charge in [0.1, 0.15) is 0 Å². The first-order valence-electron chi connectivity index (χ1n) is 7.23. The summed E-state index contributed by atoms with van der Waals surface area (Å²) in [6.45, 7) is 6.41. The number of hydrogen-bond acceptors (Lipinski definition) is 2. The summed E-state index contributed by atoms with van der Waals surface area (Å²) in [4.78, 5) is 0. The second-order valence-corrected chi connectivity index (χ2v) is 5.01. The van der Waals surface area contributed by atoms with Crippen LogP contribution < -0.4 is 11.1 Å². The summed E-state index contributed by atoms with van der Waals surface area (Å²) < 4.78 is 0. The molecule has 0 aromatic heterocycles. The van der Waals surface area contributed by atoms with Crippen molar-refractivity contribution in [3.05, 3.63) is 0 Å². The summed E-state index contributed by atoms with van der Waals surface area (Å²) in [6.07, 6.45) is 12.6. The lowest BCUT2D eigenvalue weighted by molar-refractivity contribution is 0.538. The van der Waals surface area contributed by atoms with E-state index in [4.69, 9.17) is 5.73 Å². The molecule has 0 aromatic rings. The molecule has 0 saturated carbocycles. The van der Waals surface area contributed by atoms with Gasteiger partial charge in [0.15, 0.2) is 0 Å². The van der Waals surface area contributed by atoms with E-state index in [1.807, 2.05) is 6.92 Å². The molecular weight excluding hydrogens is 196 g/mol. The fourth-order valence-electron chi connectivity index (χ4n) is 1.89. The van der Waals surface area contributed by atoms with Gasteiger partial charge in [-0.25, -0.2) is 0 Å². The summed E-state index contributed by atoms with van der Waals surface area (Å²) in [5, 5.41) is 3.38. The van der Waals surface area contributed by atoms with Crippen LogP contribution >= 0.6 is 0 Å². The minimum absolute atomic E-state index is 0.290. The third kappa shape index (κ3) is 13.9. The largest absolute Gasteiger partial charge is 0.327 e. The summed E-state index contributed by atoms with van der Waals surface area (Å²) in [6, 6.07) is 0.290. The Balaban J connectivity index is 2.88. The van der Waals surface area contributed by atoms with Crippen molar-refractivity contribution in [2.45, 2.75) is 77.7 Å². The highest BCUT2D eigenvalue weighted by molar-refractivity contribution is 4.57. The van der Waals surface area contributed by atoms with Gasteiger partial charge in [-0.05, 0) is 19.9 Å². The molecular formula is C14H32N2. The molecule has 16 heavy (non-hydrogen) atoms. The van der Waals surface area contributed by atoms with Crippen molar-refractivity contribution in [1.29, 1.82) is 0 Å². The van der Waals surface area contributed by atoms with Gasteiger partial charge in [0.05, 0.1) is 0 Å². The highest BCUT2D eigenvalue weighted by Crippen LogP contribution is 2.09. The van der Waals surface area contributed by atoms with Crippen molar-refractivity contribution < 1.29 is 0 Å². The molecule has 98 valence electrons. The molecule has 3 N–H and O–H groups in total. The van der Waals surface area contributed by atoms with Gasteiger partial charge < -0.3 is 11.1 Å². The molecule has 0 spiro atoms. The molecule has 0 fully saturated rings. The Morgan fingerprint density at radius 1 is 0.875 bits per heavy atom. The first-order valence-corrected chi connectivity index (χ1v) is 7.23. The van der Waals surface area contributed by atoms with Crippen LogP contribution in [0, 0.1) is 0 Å². The number of rotatable bonds is 12. The molecule has 0 aliphatic rings. The molecule has 0 rings (SSSR count). The molecule has 0 aliphatic carbocycles. The molecule has 0 saturated heterocycles. The van der Waals surface area contributed by atoms with Crippen molar-refractivity contribution in [2.75, 3.05) is 13.1 Å². The summed E-state index contributed by atoms with van der Waals surface area (Å²) in [7, 11) is 0. The van der Waals surface area contributed by atoms with E-state index in [-0.39, 0.29) is 0 Å². The van der Waals surface area contributed by atoms with E-state index in [2.05, 4.69) is 12.2 Å². The van der Waals surface area contributed by atoms with Gasteiger partial charge >= 0.3 is 0 Å². The van der Waals surface area contributed by atoms with Crippen LogP contribution in [0.3, 0.4) is 0 Å². The lowest BCUT2D eigenvalue weighted by atomic mass is 10.1. The van der Waals surface area contributed by atoms with Crippen LogP contribution in [0.1, 0.15) is 71.6 Å². The molecule has 0 aromatic carbocycles. The van der Waals surface area contributed by atoms with Crippen molar-refractivity contribution in [3.63, 3.8) is 0 Å². The Bertz CT molecular complexity index is 124. The average molecular weight is 228 g/mol. The molecule has 2 nitrogen and oxygen atoms in total. The Labute approximate surface area is 102 Å². The zero-order valence-corrected chi connectivity index (χ0v) is 11.4. The monoisotopic (exact) mass is 228 g/mol. The standard InChI is InChI=1S/C14H32N2/c1-3-4-5-6-7-8-9-10-11-12-16-13-14(2)15/h14,16H,3-13,15H2,1-2H3. The maximum absolute atomic E-state index is 5.65. The van der Waals surface area contributed by atoms with Crippen molar-refractivity contribution in [3.8, 4) is 0 Å². The van der Waals surface area contributed by atoms with Gasteiger partial charge in [-0.3, -0.25) is 0 Å². The number of nitrogens with two attached hydrogens (primary N) is 1. The van der Waals surface area contributed by atoms with Crippen LogP contribution in [0.5, 0.6) is 0 Å². The number of hydrogen-bond donors (Lipinski definition) is 2. The Kier molecular flexibility index (Phi) is 12.9. The van der Waals surface area contributed by atoms with E-state index in [0.717, 1.165) is 13.1 Å². The average Bonchev–Trinajstić information content (AvgIpc) is 2.25. The van der Waals surface area contributed by atoms with Gasteiger partial charge in [0.2, 0.25) is 0 Å². The zero-order chi connectivity index (χ0) is 12.1. The van der Waals surface area contributed by atoms with Crippen molar-refractivity contribution in [1.82, 2.24) is 5.32 Å². The van der Waals surface area contributed by atoms with Gasteiger partial charge in [0.25, 0.3) is 0 Å². The molecule has 0 aliphatic heterocycles. The van der Waals surface area contributed by atoms with Gasteiger partial charge in [-0.15, -0.1) is 0 Å². The van der Waals surface area contributed by atoms with Crippen LogP contribution in [0.4, 0.5) is 0 Å². The maximum Gasteiger partial charge on any atom is 0.0136 e. The first-order chi connectivity index (χ1) is 7.77. The summed E-state index contributed by atoms with van der Waals surface area (Å²) in [5.74, 6) is 0. The first kappa shape index (κ1) is 15.9. The molecule has 1 unspecified atom stereocenters. The minimum atomic E-state index is 0.290. The van der Waals surface area contributed by atoms with Crippen molar-refractivity contribution >= 4 is 0 Å². The smallest absolute Gasteiger partial charge is 0.0136 e. The Morgan fingerprint density at radius 3 is 1.88 bits per heavy atom. The molecule has 0 radical (unpaired) electrons. The molecule has 0 heterocycles. The van der Waals surface area contributed by atoms with E-state index in [0.29, 0.717) is 6.04 Å². The molecule has 0 bridgehead atoms. The number of unbranched alkanes of at least 4 members (excludes halogenated alkanes) is 8. The fourth-order valence-corrected chi connectivity index (χ4v) is 1.89. The van der Waals surface area contributed by atoms with Crippen LogP contribution in [-0.4, -0.2) is 19.1 Å². The van der Waals surface area contributed by atoms with Gasteiger partial charge in [-0.1, -0.05) is 58.3 Å². The third-order valence-electron chi connectivity index (χ3n) is 2.92. The predicted molar refractivity (Wildman–Crippen MR) is 73.7 cm³/mol. The molecule has 0 amide bonds. The van der Waals surface area contributed by atoms with E-state index in [9.17, 15) is 0 Å². The number of nitrogens with one attached hydrogen (secondary N) is 1. The van der Waals surface area contributed by atoms with E-state index in [1.165, 1.54) is 57.8 Å². The van der Waals surface area contributed by atoms with Crippen molar-refractivity contribution in [2.24, 2.45) is 5.73 Å². The molecule has 2 heteroatoms. The maximum atomic E-state index is 5.65. The second kappa shape index (κ2) is 13.0. The predicted octanol–water partition coefficient (Wildman–Crippen LogP) is 3.45. The van der Waals surface area contributed by atoms with E-state index in [1.54, 1.807) is 0 Å². The van der Waals surface area contributed by atoms with E-state index >= 15 is 0 Å². The summed E-state index contributed by atoms with van der Waals surface area (Å²) in [5.41, 5.74) is 5.65. The SMILES string of the molecule is CCCCCCCCCCCNCC(C)N. The summed E-state index contributed by atoms with van der Waals surface area (Å²) >= 11 is 0. The third-order valence-corrected chi connectivity index (χ3v) is 2.92. The van der Waals surface area contributed by atoms with Crippen LogP contribution in [0.25, 0.3) is 0 Å². The molecule has 1 atom stereocenters. The van der Waals surface area contributed by atoms with E-state index < -0.39 is 0 Å². The van der Waals surface area contributed by atoms with Gasteiger partial charge in [-0.2, -0.15) is 0 Å². The lowest BCUT2D eigenvalue weighted by Crippen LogP contribution is -2.31. The quantitative estimate of drug-likeness (QED) is 0.502. The highest BCUT2D eigenvalue weighted by atomic mass is 14.9. The second-order valence-electron chi connectivity index (χ2n) is 5.01. The highest BCUT2D eigenvalue weighted by Gasteiger charge is 1.94.